The molecular formula is C30H39N3O7S. The van der Waals surface area contributed by atoms with Gasteiger partial charge < -0.3 is 24.4 Å². The minimum absolute atomic E-state index is 0.00416. The van der Waals surface area contributed by atoms with Crippen molar-refractivity contribution in [2.45, 2.75) is 74.5 Å². The van der Waals surface area contributed by atoms with Crippen LogP contribution in [0.5, 0.6) is 11.5 Å². The van der Waals surface area contributed by atoms with Crippen LogP contribution in [0, 0.1) is 5.92 Å². The molecule has 0 aromatic heterocycles. The topological polar surface area (TPSA) is 123 Å². The largest absolute Gasteiger partial charge is 0.497 e. The Morgan fingerprint density at radius 2 is 1.88 bits per heavy atom. The first-order chi connectivity index (χ1) is 19.7. The maximum atomic E-state index is 13.5. The van der Waals surface area contributed by atoms with Crippen molar-refractivity contribution in [1.29, 1.82) is 0 Å². The van der Waals surface area contributed by atoms with Crippen LogP contribution in [0.25, 0.3) is 0 Å². The van der Waals surface area contributed by atoms with E-state index < -0.39 is 10.0 Å². The third-order valence-corrected chi connectivity index (χ3v) is 9.72. The maximum Gasteiger partial charge on any atom is 0.262 e. The quantitative estimate of drug-likeness (QED) is 0.481. The Hall–Kier alpha value is -3.31. The zero-order valence-corrected chi connectivity index (χ0v) is 24.5. The average Bonchev–Trinajstić information content (AvgIpc) is 2.98. The third kappa shape index (κ3) is 6.95. The number of ether oxygens (including phenoxy) is 3. The van der Waals surface area contributed by atoms with E-state index in [1.165, 1.54) is 57.4 Å². The average molecular weight is 586 g/mol. The van der Waals surface area contributed by atoms with E-state index in [0.717, 1.165) is 6.54 Å². The molecule has 2 aliphatic heterocycles. The number of rotatable bonds is 8. The van der Waals surface area contributed by atoms with Crippen LogP contribution < -0.4 is 19.5 Å². The summed E-state index contributed by atoms with van der Waals surface area (Å²) < 4.78 is 46.0. The van der Waals surface area contributed by atoms with Crippen LogP contribution >= 0.6 is 0 Å². The number of methoxy groups -OCH3 is 1. The van der Waals surface area contributed by atoms with Crippen molar-refractivity contribution >= 4 is 27.5 Å². The second-order valence-corrected chi connectivity index (χ2v) is 12.9. The Balaban J connectivity index is 1.23. The highest BCUT2D eigenvalue weighted by molar-refractivity contribution is 7.92. The summed E-state index contributed by atoms with van der Waals surface area (Å²) in [6.07, 6.45) is 7.14. The van der Waals surface area contributed by atoms with Gasteiger partial charge in [-0.15, -0.1) is 0 Å². The Morgan fingerprint density at radius 3 is 2.66 bits per heavy atom. The summed E-state index contributed by atoms with van der Waals surface area (Å²) in [6.45, 7) is 0.941. The number of likely N-dealkylation sites (N-methyl/N-ethyl adjacent to an activating group) is 1. The number of amides is 2. The van der Waals surface area contributed by atoms with Crippen LogP contribution in [0.4, 0.5) is 5.69 Å². The number of fused-ring (bicyclic) bond motifs is 2. The normalized spacial score (nSPS) is 23.3. The fourth-order valence-corrected chi connectivity index (χ4v) is 7.09. The molecule has 41 heavy (non-hydrogen) atoms. The summed E-state index contributed by atoms with van der Waals surface area (Å²) in [4.78, 5) is 27.9. The molecule has 3 atom stereocenters. The number of hydrogen-bond donors (Lipinski definition) is 2. The Kier molecular flexibility index (Phi) is 9.03. The van der Waals surface area contributed by atoms with Crippen molar-refractivity contribution in [1.82, 2.24) is 10.2 Å². The van der Waals surface area contributed by atoms with Gasteiger partial charge in [0.25, 0.3) is 15.9 Å². The zero-order valence-electron chi connectivity index (χ0n) is 23.6. The van der Waals surface area contributed by atoms with Crippen molar-refractivity contribution in [3.63, 3.8) is 0 Å². The molecule has 3 aliphatic rings. The molecule has 222 valence electrons. The van der Waals surface area contributed by atoms with E-state index >= 15 is 0 Å². The summed E-state index contributed by atoms with van der Waals surface area (Å²) >= 11 is 0. The third-order valence-electron chi connectivity index (χ3n) is 8.34. The molecule has 2 fully saturated rings. The molecule has 10 nitrogen and oxygen atoms in total. The maximum absolute atomic E-state index is 13.5. The number of carbonyl (C=O) groups excluding carboxylic acids is 2. The first kappa shape index (κ1) is 29.2. The number of sulfonamides is 1. The van der Waals surface area contributed by atoms with Gasteiger partial charge in [0.1, 0.15) is 24.2 Å². The van der Waals surface area contributed by atoms with Crippen LogP contribution in [0.3, 0.4) is 0 Å². The highest BCUT2D eigenvalue weighted by Gasteiger charge is 2.39. The van der Waals surface area contributed by atoms with Crippen LogP contribution in [0.1, 0.15) is 61.7 Å². The van der Waals surface area contributed by atoms with E-state index in [4.69, 9.17) is 14.2 Å². The summed E-state index contributed by atoms with van der Waals surface area (Å²) in [5.41, 5.74) is 0.509. The number of nitrogens with one attached hydrogen (secondary N) is 2. The molecule has 5 rings (SSSR count). The van der Waals surface area contributed by atoms with E-state index in [2.05, 4.69) is 10.0 Å². The van der Waals surface area contributed by atoms with Gasteiger partial charge in [-0.05, 0) is 61.9 Å². The molecular weight excluding hydrogens is 546 g/mol. The van der Waals surface area contributed by atoms with E-state index in [9.17, 15) is 18.0 Å². The van der Waals surface area contributed by atoms with Crippen LogP contribution in [0.15, 0.2) is 47.4 Å². The van der Waals surface area contributed by atoms with Gasteiger partial charge in [-0.25, -0.2) is 8.42 Å². The van der Waals surface area contributed by atoms with Crippen LogP contribution in [-0.2, 0) is 19.6 Å². The first-order valence-corrected chi connectivity index (χ1v) is 15.8. The highest BCUT2D eigenvalue weighted by Crippen LogP contribution is 2.33. The molecule has 1 saturated carbocycles. The van der Waals surface area contributed by atoms with Gasteiger partial charge >= 0.3 is 0 Å². The van der Waals surface area contributed by atoms with Gasteiger partial charge in [0.15, 0.2) is 0 Å². The van der Waals surface area contributed by atoms with Gasteiger partial charge in [0.05, 0.1) is 36.1 Å². The SMILES string of the molecule is COc1cccc(S(=O)(=O)Nc2ccc3c(c2)C(=O)N(C)[C@H]2CC[C@@H](CC(=O)NCC4CCCCC4)O[C@H]2CO3)c1. The van der Waals surface area contributed by atoms with Crippen molar-refractivity contribution in [2.75, 3.05) is 32.0 Å². The minimum atomic E-state index is -3.91. The van der Waals surface area contributed by atoms with Crippen molar-refractivity contribution in [2.24, 2.45) is 5.92 Å². The van der Waals surface area contributed by atoms with Crippen LogP contribution in [-0.4, -0.2) is 70.7 Å². The number of nitrogens with zero attached hydrogens (tertiary/aromatic N) is 1. The van der Waals surface area contributed by atoms with E-state index in [1.807, 2.05) is 0 Å². The van der Waals surface area contributed by atoms with Gasteiger partial charge in [0.2, 0.25) is 5.91 Å². The van der Waals surface area contributed by atoms with Gasteiger partial charge in [0, 0.05) is 25.3 Å². The molecule has 2 aromatic rings. The predicted octanol–water partition coefficient (Wildman–Crippen LogP) is 3.96. The van der Waals surface area contributed by atoms with Crippen LogP contribution in [0.2, 0.25) is 0 Å². The molecule has 2 N–H and O–H groups in total. The van der Waals surface area contributed by atoms with E-state index in [-0.39, 0.29) is 52.8 Å². The Morgan fingerprint density at radius 1 is 1.07 bits per heavy atom. The smallest absolute Gasteiger partial charge is 0.262 e. The molecule has 0 bridgehead atoms. The molecule has 2 aromatic carbocycles. The van der Waals surface area contributed by atoms with E-state index in [0.29, 0.717) is 36.7 Å². The molecule has 1 saturated heterocycles. The van der Waals surface area contributed by atoms with Gasteiger partial charge in [-0.1, -0.05) is 25.3 Å². The predicted molar refractivity (Wildman–Crippen MR) is 154 cm³/mol. The molecule has 0 spiro atoms. The lowest BCUT2D eigenvalue weighted by atomic mass is 9.89. The molecule has 2 heterocycles. The fraction of sp³-hybridized carbons (Fsp3) is 0.533. The molecule has 11 heteroatoms. The number of benzene rings is 2. The van der Waals surface area contributed by atoms with Crippen molar-refractivity contribution in [3.8, 4) is 11.5 Å². The van der Waals surface area contributed by atoms with Crippen molar-refractivity contribution < 1.29 is 32.2 Å². The standard InChI is InChI=1S/C30H39N3O7S/c1-33-26-13-12-23(17-29(34)31-18-20-7-4-3-5-8-20)40-28(26)19-39-27-14-11-21(15-25(27)30(33)35)32-41(36,37)24-10-6-9-22(16-24)38-2/h6,9-11,14-16,20,23,26,28,32H,3-5,7-8,12-13,17-19H2,1-2H3,(H,31,34)/t23-,26-,28-/m0/s1. The Bertz CT molecular complexity index is 1360. The molecule has 2 amide bonds. The van der Waals surface area contributed by atoms with E-state index in [1.54, 1.807) is 36.2 Å². The summed E-state index contributed by atoms with van der Waals surface area (Å²) in [7, 11) is -0.723. The molecule has 0 radical (unpaired) electrons. The summed E-state index contributed by atoms with van der Waals surface area (Å²) in [6, 6.07) is 10.6. The Labute approximate surface area is 241 Å². The molecule has 0 unspecified atom stereocenters. The highest BCUT2D eigenvalue weighted by atomic mass is 32.2. The second kappa shape index (κ2) is 12.7. The van der Waals surface area contributed by atoms with Crippen molar-refractivity contribution in [3.05, 3.63) is 48.0 Å². The zero-order chi connectivity index (χ0) is 29.0. The number of anilines is 1. The van der Waals surface area contributed by atoms with Gasteiger partial charge in [-0.2, -0.15) is 0 Å². The van der Waals surface area contributed by atoms with Gasteiger partial charge in [-0.3, -0.25) is 14.3 Å². The minimum Gasteiger partial charge on any atom is -0.497 e. The lowest BCUT2D eigenvalue weighted by Gasteiger charge is -2.42. The number of carbonyl (C=O) groups is 2. The lowest BCUT2D eigenvalue weighted by molar-refractivity contribution is -0.134. The summed E-state index contributed by atoms with van der Waals surface area (Å²) in [5.74, 6) is 1.05. The second-order valence-electron chi connectivity index (χ2n) is 11.2. The first-order valence-electron chi connectivity index (χ1n) is 14.4. The monoisotopic (exact) mass is 585 g/mol. The fourth-order valence-electron chi connectivity index (χ4n) is 6.00. The number of hydrogen-bond acceptors (Lipinski definition) is 7. The lowest BCUT2D eigenvalue weighted by Crippen LogP contribution is -2.54. The summed E-state index contributed by atoms with van der Waals surface area (Å²) in [5, 5.41) is 3.09. The molecule has 1 aliphatic carbocycles.